The van der Waals surface area contributed by atoms with Crippen LogP contribution in [0.4, 0.5) is 0 Å². The van der Waals surface area contributed by atoms with E-state index in [1.807, 2.05) is 0 Å². The smallest absolute Gasteiger partial charge is 0.240 e. The minimum atomic E-state index is -0.645. The van der Waals surface area contributed by atoms with Gasteiger partial charge in [-0.05, 0) is 43.6 Å². The second-order valence-corrected chi connectivity index (χ2v) is 6.90. The number of carbonyl (C=O) groups excluding carboxylic acids is 1. The summed E-state index contributed by atoms with van der Waals surface area (Å²) in [5.74, 6) is 0.0883. The third-order valence-corrected chi connectivity index (χ3v) is 3.73. The third-order valence-electron chi connectivity index (χ3n) is 3.73. The zero-order chi connectivity index (χ0) is 14.5. The van der Waals surface area contributed by atoms with Gasteiger partial charge in [-0.1, -0.05) is 27.7 Å². The number of amides is 1. The lowest BCUT2D eigenvalue weighted by Crippen LogP contribution is -2.60. The van der Waals surface area contributed by atoms with Gasteiger partial charge in [0.2, 0.25) is 5.91 Å². The fraction of sp³-hybridized carbons (Fsp3) is 0.933. The summed E-state index contributed by atoms with van der Waals surface area (Å²) < 4.78 is 5.77. The first kappa shape index (κ1) is 16.4. The Hall–Kier alpha value is -0.610. The van der Waals surface area contributed by atoms with Crippen molar-refractivity contribution >= 4 is 5.91 Å². The average molecular weight is 270 g/mol. The molecule has 1 amide bonds. The Balaban J connectivity index is 2.51. The first-order valence-corrected chi connectivity index (χ1v) is 7.44. The Morgan fingerprint density at radius 2 is 2.00 bits per heavy atom. The van der Waals surface area contributed by atoms with Crippen LogP contribution in [0.3, 0.4) is 0 Å². The lowest BCUT2D eigenvalue weighted by atomic mass is 9.92. The SMILES string of the molecule is CCCNC(COCCC(C)(C)C)(C(N)=O)C1CC1. The normalized spacial score (nSPS) is 19.2. The van der Waals surface area contributed by atoms with Crippen molar-refractivity contribution in [3.63, 3.8) is 0 Å². The van der Waals surface area contributed by atoms with Crippen molar-refractivity contribution < 1.29 is 9.53 Å². The second-order valence-electron chi connectivity index (χ2n) is 6.90. The molecule has 3 N–H and O–H groups in total. The molecule has 0 heterocycles. The number of rotatable bonds is 9. The first-order chi connectivity index (χ1) is 8.82. The first-order valence-electron chi connectivity index (χ1n) is 7.44. The van der Waals surface area contributed by atoms with Crippen molar-refractivity contribution in [1.29, 1.82) is 0 Å². The average Bonchev–Trinajstić information content (AvgIpc) is 3.11. The van der Waals surface area contributed by atoms with Crippen LogP contribution in [0.5, 0.6) is 0 Å². The largest absolute Gasteiger partial charge is 0.379 e. The Morgan fingerprint density at radius 3 is 2.42 bits per heavy atom. The van der Waals surface area contributed by atoms with Crippen LogP contribution >= 0.6 is 0 Å². The van der Waals surface area contributed by atoms with Gasteiger partial charge in [0.05, 0.1) is 6.61 Å². The van der Waals surface area contributed by atoms with Gasteiger partial charge in [-0.15, -0.1) is 0 Å². The quantitative estimate of drug-likeness (QED) is 0.630. The van der Waals surface area contributed by atoms with Crippen LogP contribution < -0.4 is 11.1 Å². The number of hydrogen-bond donors (Lipinski definition) is 2. The molecular weight excluding hydrogens is 240 g/mol. The van der Waals surface area contributed by atoms with Crippen molar-refractivity contribution in [3.05, 3.63) is 0 Å². The molecule has 1 aliphatic carbocycles. The van der Waals surface area contributed by atoms with Crippen molar-refractivity contribution in [2.24, 2.45) is 17.1 Å². The lowest BCUT2D eigenvalue weighted by molar-refractivity contribution is -0.128. The molecule has 0 saturated heterocycles. The molecule has 1 saturated carbocycles. The molecule has 0 aliphatic heterocycles. The zero-order valence-corrected chi connectivity index (χ0v) is 12.9. The standard InChI is InChI=1S/C15H30N2O2/c1-5-9-17-15(13(16)18,12-6-7-12)11-19-10-8-14(2,3)4/h12,17H,5-11H2,1-4H3,(H2,16,18). The van der Waals surface area contributed by atoms with Crippen molar-refractivity contribution in [1.82, 2.24) is 5.32 Å². The van der Waals surface area contributed by atoms with Gasteiger partial charge < -0.3 is 15.8 Å². The molecule has 0 aromatic rings. The van der Waals surface area contributed by atoms with Crippen LogP contribution in [-0.2, 0) is 9.53 Å². The van der Waals surface area contributed by atoms with Gasteiger partial charge >= 0.3 is 0 Å². The van der Waals surface area contributed by atoms with E-state index in [1.165, 1.54) is 0 Å². The molecule has 19 heavy (non-hydrogen) atoms. The van der Waals surface area contributed by atoms with Gasteiger partial charge in [-0.2, -0.15) is 0 Å². The van der Waals surface area contributed by atoms with E-state index in [4.69, 9.17) is 10.5 Å². The predicted molar refractivity (Wildman–Crippen MR) is 77.8 cm³/mol. The molecule has 1 fully saturated rings. The molecule has 1 rings (SSSR count). The van der Waals surface area contributed by atoms with E-state index in [-0.39, 0.29) is 11.3 Å². The molecule has 4 nitrogen and oxygen atoms in total. The molecule has 0 spiro atoms. The molecule has 0 aromatic carbocycles. The van der Waals surface area contributed by atoms with E-state index in [1.54, 1.807) is 0 Å². The van der Waals surface area contributed by atoms with Crippen LogP contribution in [0.1, 0.15) is 53.4 Å². The summed E-state index contributed by atoms with van der Waals surface area (Å²) in [6.07, 6.45) is 4.12. The van der Waals surface area contributed by atoms with E-state index < -0.39 is 5.54 Å². The number of nitrogens with one attached hydrogen (secondary N) is 1. The van der Waals surface area contributed by atoms with Gasteiger partial charge in [-0.3, -0.25) is 4.79 Å². The summed E-state index contributed by atoms with van der Waals surface area (Å²) in [5.41, 5.74) is 5.25. The maximum Gasteiger partial charge on any atom is 0.240 e. The molecule has 1 aliphatic rings. The second kappa shape index (κ2) is 6.71. The van der Waals surface area contributed by atoms with Crippen molar-refractivity contribution in [3.8, 4) is 0 Å². The minimum Gasteiger partial charge on any atom is -0.379 e. The highest BCUT2D eigenvalue weighted by Gasteiger charge is 2.49. The molecule has 0 aromatic heterocycles. The van der Waals surface area contributed by atoms with Crippen molar-refractivity contribution in [2.45, 2.75) is 58.9 Å². The van der Waals surface area contributed by atoms with Gasteiger partial charge in [0.15, 0.2) is 0 Å². The van der Waals surface area contributed by atoms with E-state index in [0.717, 1.165) is 32.2 Å². The van der Waals surface area contributed by atoms with Crippen LogP contribution in [0.2, 0.25) is 0 Å². The van der Waals surface area contributed by atoms with Crippen molar-refractivity contribution in [2.75, 3.05) is 19.8 Å². The third kappa shape index (κ3) is 5.11. The molecule has 0 radical (unpaired) electrons. The summed E-state index contributed by atoms with van der Waals surface area (Å²) in [4.78, 5) is 11.9. The minimum absolute atomic E-state index is 0.256. The van der Waals surface area contributed by atoms with Crippen LogP contribution in [0.15, 0.2) is 0 Å². The maximum atomic E-state index is 11.9. The molecule has 1 atom stereocenters. The molecule has 1 unspecified atom stereocenters. The summed E-state index contributed by atoms with van der Waals surface area (Å²) in [5, 5.41) is 3.34. The van der Waals surface area contributed by atoms with E-state index in [2.05, 4.69) is 33.0 Å². The van der Waals surface area contributed by atoms with E-state index in [9.17, 15) is 4.79 Å². The monoisotopic (exact) mass is 270 g/mol. The van der Waals surface area contributed by atoms with Gasteiger partial charge in [0.25, 0.3) is 0 Å². The number of primary amides is 1. The summed E-state index contributed by atoms with van der Waals surface area (Å²) in [7, 11) is 0. The predicted octanol–water partition coefficient (Wildman–Crippen LogP) is 2.07. The summed E-state index contributed by atoms with van der Waals surface area (Å²) in [6.45, 7) is 10.5. The van der Waals surface area contributed by atoms with E-state index in [0.29, 0.717) is 19.1 Å². The van der Waals surface area contributed by atoms with Gasteiger partial charge in [-0.25, -0.2) is 0 Å². The lowest BCUT2D eigenvalue weighted by Gasteiger charge is -2.32. The summed E-state index contributed by atoms with van der Waals surface area (Å²) >= 11 is 0. The number of nitrogens with two attached hydrogens (primary N) is 1. The number of carbonyl (C=O) groups is 1. The molecular formula is C15H30N2O2. The zero-order valence-electron chi connectivity index (χ0n) is 12.9. The Bertz CT molecular complexity index is 295. The maximum absolute atomic E-state index is 11.9. The Kier molecular flexibility index (Phi) is 5.81. The highest BCUT2D eigenvalue weighted by Crippen LogP contribution is 2.40. The Morgan fingerprint density at radius 1 is 1.37 bits per heavy atom. The van der Waals surface area contributed by atoms with Crippen LogP contribution in [0.25, 0.3) is 0 Å². The highest BCUT2D eigenvalue weighted by atomic mass is 16.5. The Labute approximate surface area is 117 Å². The molecule has 4 heteroatoms. The van der Waals surface area contributed by atoms with Crippen LogP contribution in [0, 0.1) is 11.3 Å². The van der Waals surface area contributed by atoms with E-state index >= 15 is 0 Å². The number of ether oxygens (including phenoxy) is 1. The van der Waals surface area contributed by atoms with Crippen LogP contribution in [-0.4, -0.2) is 31.2 Å². The molecule has 112 valence electrons. The fourth-order valence-corrected chi connectivity index (χ4v) is 2.21. The fourth-order valence-electron chi connectivity index (χ4n) is 2.21. The van der Waals surface area contributed by atoms with Gasteiger partial charge in [0, 0.05) is 6.61 Å². The highest BCUT2D eigenvalue weighted by molar-refractivity contribution is 5.85. The van der Waals surface area contributed by atoms with Gasteiger partial charge in [0.1, 0.15) is 5.54 Å². The summed E-state index contributed by atoms with van der Waals surface area (Å²) in [6, 6.07) is 0. The topological polar surface area (TPSA) is 64.3 Å². The molecule has 0 bridgehead atoms. The number of hydrogen-bond acceptors (Lipinski definition) is 3.